The first-order chi connectivity index (χ1) is 14.6. The van der Waals surface area contributed by atoms with Gasteiger partial charge >= 0.3 is 0 Å². The molecule has 4 aromatic rings. The fraction of sp³-hybridized carbons (Fsp3) is 0.136. The van der Waals surface area contributed by atoms with Gasteiger partial charge in [-0.1, -0.05) is 44.8 Å². The minimum Gasteiger partial charge on any atom is -0.354 e. The average molecular weight is 486 g/mol. The van der Waals surface area contributed by atoms with Crippen molar-refractivity contribution >= 4 is 33.4 Å². The van der Waals surface area contributed by atoms with Crippen LogP contribution < -0.4 is 5.32 Å². The molecule has 0 saturated carbocycles. The Labute approximate surface area is 187 Å². The van der Waals surface area contributed by atoms with Gasteiger partial charge in [-0.2, -0.15) is 4.98 Å². The quantitative estimate of drug-likeness (QED) is 0.401. The summed E-state index contributed by atoms with van der Waals surface area (Å²) in [4.78, 5) is 16.8. The molecule has 0 aliphatic carbocycles. The number of amides is 1. The van der Waals surface area contributed by atoms with E-state index < -0.39 is 0 Å². The van der Waals surface area contributed by atoms with Crippen LogP contribution >= 0.6 is 27.5 Å². The number of rotatable bonds is 7. The van der Waals surface area contributed by atoms with Crippen LogP contribution in [0.3, 0.4) is 0 Å². The highest BCUT2D eigenvalue weighted by atomic mass is 79.9. The zero-order chi connectivity index (χ0) is 20.9. The highest BCUT2D eigenvalue weighted by Crippen LogP contribution is 2.24. The summed E-state index contributed by atoms with van der Waals surface area (Å²) in [7, 11) is 0. The van der Waals surface area contributed by atoms with Crippen LogP contribution in [0.25, 0.3) is 23.0 Å². The molecule has 0 saturated heterocycles. The van der Waals surface area contributed by atoms with Crippen LogP contribution in [0.4, 0.5) is 0 Å². The highest BCUT2D eigenvalue weighted by Gasteiger charge is 2.15. The second-order valence-corrected chi connectivity index (χ2v) is 8.03. The second kappa shape index (κ2) is 9.28. The van der Waals surface area contributed by atoms with E-state index in [0.29, 0.717) is 29.0 Å². The largest absolute Gasteiger partial charge is 0.354 e. The molecule has 0 spiro atoms. The molecule has 0 aliphatic heterocycles. The van der Waals surface area contributed by atoms with Gasteiger partial charge in [-0.3, -0.25) is 4.79 Å². The molecule has 0 atom stereocenters. The van der Waals surface area contributed by atoms with E-state index in [1.807, 2.05) is 66.9 Å². The van der Waals surface area contributed by atoms with Gasteiger partial charge in [-0.15, -0.1) is 0 Å². The maximum atomic E-state index is 12.4. The maximum absolute atomic E-state index is 12.4. The number of halogens is 2. The van der Waals surface area contributed by atoms with Crippen molar-refractivity contribution in [2.45, 2.75) is 13.0 Å². The Morgan fingerprint density at radius 2 is 1.87 bits per heavy atom. The van der Waals surface area contributed by atoms with E-state index in [9.17, 15) is 4.79 Å². The molecule has 8 heteroatoms. The predicted molar refractivity (Wildman–Crippen MR) is 119 cm³/mol. The van der Waals surface area contributed by atoms with Crippen molar-refractivity contribution in [3.05, 3.63) is 81.9 Å². The van der Waals surface area contributed by atoms with Crippen LogP contribution in [0.15, 0.2) is 75.9 Å². The van der Waals surface area contributed by atoms with Crippen LogP contribution in [0.2, 0.25) is 5.02 Å². The zero-order valence-electron chi connectivity index (χ0n) is 15.9. The number of aromatic nitrogens is 3. The third-order valence-electron chi connectivity index (χ3n) is 4.54. The van der Waals surface area contributed by atoms with Gasteiger partial charge in [-0.25, -0.2) is 0 Å². The Bertz CT molecular complexity index is 1140. The lowest BCUT2D eigenvalue weighted by Crippen LogP contribution is -2.29. The first kappa shape index (κ1) is 20.4. The lowest BCUT2D eigenvalue weighted by molar-refractivity contribution is -0.121. The number of nitrogens with one attached hydrogen (secondary N) is 1. The molecule has 0 radical (unpaired) electrons. The number of hydrogen-bond donors (Lipinski definition) is 1. The smallest absolute Gasteiger partial charge is 0.274 e. The van der Waals surface area contributed by atoms with Crippen LogP contribution in [0.5, 0.6) is 0 Å². The Morgan fingerprint density at radius 3 is 2.63 bits per heavy atom. The van der Waals surface area contributed by atoms with Crippen LogP contribution in [-0.2, 0) is 17.8 Å². The molecule has 6 nitrogen and oxygen atoms in total. The van der Waals surface area contributed by atoms with E-state index in [0.717, 1.165) is 22.0 Å². The van der Waals surface area contributed by atoms with Gasteiger partial charge in [0.2, 0.25) is 11.7 Å². The van der Waals surface area contributed by atoms with Crippen molar-refractivity contribution in [3.8, 4) is 23.0 Å². The summed E-state index contributed by atoms with van der Waals surface area (Å²) >= 11 is 9.30. The van der Waals surface area contributed by atoms with Gasteiger partial charge in [0.15, 0.2) is 0 Å². The van der Waals surface area contributed by atoms with Crippen molar-refractivity contribution < 1.29 is 9.32 Å². The van der Waals surface area contributed by atoms with E-state index in [2.05, 4.69) is 31.4 Å². The van der Waals surface area contributed by atoms with Crippen molar-refractivity contribution in [3.63, 3.8) is 0 Å². The van der Waals surface area contributed by atoms with Crippen LogP contribution in [-0.4, -0.2) is 27.2 Å². The topological polar surface area (TPSA) is 73.0 Å². The summed E-state index contributed by atoms with van der Waals surface area (Å²) in [6, 6.07) is 19.0. The van der Waals surface area contributed by atoms with Gasteiger partial charge in [0.1, 0.15) is 12.2 Å². The molecule has 0 aliphatic rings. The molecule has 4 rings (SSSR count). The standard InChI is InChI=1S/C22H18BrClN4O2/c23-17-7-5-16(6-8-17)21-26-22(30-27-21)19-2-1-13-28(19)14-20(29)25-12-11-15-3-9-18(24)10-4-15/h1-10,13H,11-12,14H2,(H,25,29). The summed E-state index contributed by atoms with van der Waals surface area (Å²) in [6.07, 6.45) is 2.55. The molecule has 1 N–H and O–H groups in total. The van der Waals surface area contributed by atoms with E-state index in [1.54, 1.807) is 4.57 Å². The monoisotopic (exact) mass is 484 g/mol. The molecule has 0 fully saturated rings. The minimum atomic E-state index is -0.0888. The number of carbonyl (C=O) groups is 1. The number of benzene rings is 2. The highest BCUT2D eigenvalue weighted by molar-refractivity contribution is 9.10. The maximum Gasteiger partial charge on any atom is 0.274 e. The van der Waals surface area contributed by atoms with Crippen molar-refractivity contribution in [1.29, 1.82) is 0 Å². The number of nitrogens with zero attached hydrogens (tertiary/aromatic N) is 3. The SMILES string of the molecule is O=C(Cn1cccc1-c1nc(-c2ccc(Br)cc2)no1)NCCc1ccc(Cl)cc1. The fourth-order valence-corrected chi connectivity index (χ4v) is 3.39. The summed E-state index contributed by atoms with van der Waals surface area (Å²) in [5.41, 5.74) is 2.66. The lowest BCUT2D eigenvalue weighted by atomic mass is 10.1. The van der Waals surface area contributed by atoms with E-state index in [-0.39, 0.29) is 12.5 Å². The minimum absolute atomic E-state index is 0.0888. The van der Waals surface area contributed by atoms with Crippen LogP contribution in [0, 0.1) is 0 Å². The third-order valence-corrected chi connectivity index (χ3v) is 5.32. The molecule has 30 heavy (non-hydrogen) atoms. The van der Waals surface area contributed by atoms with Crippen molar-refractivity contribution in [1.82, 2.24) is 20.0 Å². The third kappa shape index (κ3) is 4.98. The first-order valence-electron chi connectivity index (χ1n) is 9.35. The van der Waals surface area contributed by atoms with E-state index in [4.69, 9.17) is 16.1 Å². The summed E-state index contributed by atoms with van der Waals surface area (Å²) in [6.45, 7) is 0.713. The molecule has 0 unspecified atom stereocenters. The first-order valence-corrected chi connectivity index (χ1v) is 10.5. The molecule has 1 amide bonds. The zero-order valence-corrected chi connectivity index (χ0v) is 18.2. The fourth-order valence-electron chi connectivity index (χ4n) is 3.00. The average Bonchev–Trinajstić information content (AvgIpc) is 3.39. The number of carbonyl (C=O) groups excluding carboxylic acids is 1. The molecule has 2 heterocycles. The summed E-state index contributed by atoms with van der Waals surface area (Å²) in [5, 5.41) is 7.69. The van der Waals surface area contributed by atoms with E-state index in [1.165, 1.54) is 0 Å². The Kier molecular flexibility index (Phi) is 6.30. The summed E-state index contributed by atoms with van der Waals surface area (Å²) in [5.74, 6) is 0.776. The molecular formula is C22H18BrClN4O2. The van der Waals surface area contributed by atoms with Gasteiger partial charge in [-0.05, 0) is 60.5 Å². The van der Waals surface area contributed by atoms with Crippen LogP contribution in [0.1, 0.15) is 5.56 Å². The molecule has 152 valence electrons. The van der Waals surface area contributed by atoms with Gasteiger partial charge < -0.3 is 14.4 Å². The van der Waals surface area contributed by atoms with Crippen molar-refractivity contribution in [2.24, 2.45) is 0 Å². The second-order valence-electron chi connectivity index (χ2n) is 6.68. The Balaban J connectivity index is 1.38. The van der Waals surface area contributed by atoms with Gasteiger partial charge in [0, 0.05) is 27.8 Å². The van der Waals surface area contributed by atoms with Gasteiger partial charge in [0.25, 0.3) is 5.89 Å². The Morgan fingerprint density at radius 1 is 1.10 bits per heavy atom. The molecule has 2 aromatic carbocycles. The summed E-state index contributed by atoms with van der Waals surface area (Å²) < 4.78 is 8.19. The Hall–Kier alpha value is -2.90. The normalized spacial score (nSPS) is 10.9. The lowest BCUT2D eigenvalue weighted by Gasteiger charge is -2.08. The van der Waals surface area contributed by atoms with E-state index >= 15 is 0 Å². The molecular weight excluding hydrogens is 468 g/mol. The number of hydrogen-bond acceptors (Lipinski definition) is 4. The molecule has 0 bridgehead atoms. The van der Waals surface area contributed by atoms with Gasteiger partial charge in [0.05, 0.1) is 0 Å². The van der Waals surface area contributed by atoms with Crippen molar-refractivity contribution in [2.75, 3.05) is 6.54 Å². The molecule has 2 aromatic heterocycles. The predicted octanol–water partition coefficient (Wildman–Crippen LogP) is 4.98.